The Bertz CT molecular complexity index is 454. The quantitative estimate of drug-likeness (QED) is 0.862. The van der Waals surface area contributed by atoms with Crippen LogP contribution in [0.2, 0.25) is 0 Å². The van der Waals surface area contributed by atoms with E-state index >= 15 is 0 Å². The van der Waals surface area contributed by atoms with Crippen LogP contribution in [0.25, 0.3) is 0 Å². The smallest absolute Gasteiger partial charge is 0.237 e. The number of nitrogens with one attached hydrogen (secondary N) is 2. The first-order valence-electron chi connectivity index (χ1n) is 7.35. The Labute approximate surface area is 120 Å². The van der Waals surface area contributed by atoms with Gasteiger partial charge in [0.15, 0.2) is 0 Å². The van der Waals surface area contributed by atoms with Gasteiger partial charge < -0.3 is 15.4 Å². The van der Waals surface area contributed by atoms with E-state index in [4.69, 9.17) is 4.74 Å². The van der Waals surface area contributed by atoms with Gasteiger partial charge in [0.05, 0.1) is 13.2 Å². The first kappa shape index (κ1) is 14.9. The maximum atomic E-state index is 12.0. The molecule has 2 rings (SSSR count). The summed E-state index contributed by atoms with van der Waals surface area (Å²) in [4.78, 5) is 12.0. The molecular formula is C16H24N2O2. The van der Waals surface area contributed by atoms with Crippen LogP contribution in [0.3, 0.4) is 0 Å². The molecule has 1 aliphatic heterocycles. The molecule has 1 amide bonds. The molecule has 2 N–H and O–H groups in total. The Hall–Kier alpha value is -1.55. The Morgan fingerprint density at radius 2 is 2.30 bits per heavy atom. The lowest BCUT2D eigenvalue weighted by molar-refractivity contribution is -0.123. The van der Waals surface area contributed by atoms with Crippen LogP contribution >= 0.6 is 0 Å². The highest BCUT2D eigenvalue weighted by molar-refractivity contribution is 5.81. The van der Waals surface area contributed by atoms with Gasteiger partial charge in [-0.25, -0.2) is 0 Å². The van der Waals surface area contributed by atoms with Gasteiger partial charge in [-0.2, -0.15) is 0 Å². The van der Waals surface area contributed by atoms with Crippen LogP contribution in [-0.2, 0) is 11.2 Å². The Morgan fingerprint density at radius 1 is 1.45 bits per heavy atom. The summed E-state index contributed by atoms with van der Waals surface area (Å²) in [5.41, 5.74) is 2.32. The zero-order chi connectivity index (χ0) is 14.4. The number of methoxy groups -OCH3 is 1. The van der Waals surface area contributed by atoms with Gasteiger partial charge in [-0.3, -0.25) is 4.79 Å². The summed E-state index contributed by atoms with van der Waals surface area (Å²) in [5, 5.41) is 6.27. The molecule has 1 heterocycles. The van der Waals surface area contributed by atoms with Crippen molar-refractivity contribution in [2.24, 2.45) is 0 Å². The van der Waals surface area contributed by atoms with Crippen LogP contribution in [0.1, 0.15) is 30.4 Å². The molecule has 1 atom stereocenters. The van der Waals surface area contributed by atoms with Crippen molar-refractivity contribution in [2.75, 3.05) is 20.2 Å². The number of piperidine rings is 1. The number of carbonyl (C=O) groups excluding carboxylic acids is 1. The molecule has 1 aliphatic rings. The number of ether oxygens (including phenoxy) is 1. The van der Waals surface area contributed by atoms with Crippen LogP contribution in [0.5, 0.6) is 5.75 Å². The molecule has 110 valence electrons. The molecule has 1 unspecified atom stereocenters. The summed E-state index contributed by atoms with van der Waals surface area (Å²) in [7, 11) is 1.68. The van der Waals surface area contributed by atoms with E-state index in [2.05, 4.69) is 22.8 Å². The molecule has 1 saturated heterocycles. The minimum absolute atomic E-state index is 0.00342. The monoisotopic (exact) mass is 276 g/mol. The van der Waals surface area contributed by atoms with Gasteiger partial charge in [-0.1, -0.05) is 18.6 Å². The molecule has 4 heteroatoms. The highest BCUT2D eigenvalue weighted by Gasteiger charge is 2.19. The summed E-state index contributed by atoms with van der Waals surface area (Å²) in [5.74, 6) is 1.03. The molecule has 20 heavy (non-hydrogen) atoms. The third-order valence-electron chi connectivity index (χ3n) is 3.81. The lowest BCUT2D eigenvalue weighted by atomic mass is 10.0. The van der Waals surface area contributed by atoms with Crippen molar-refractivity contribution < 1.29 is 9.53 Å². The molecule has 0 bridgehead atoms. The number of rotatable bonds is 5. The molecule has 1 aromatic carbocycles. The fraction of sp³-hybridized carbons (Fsp3) is 0.562. The van der Waals surface area contributed by atoms with Crippen molar-refractivity contribution in [3.63, 3.8) is 0 Å². The standard InChI is InChI=1S/C16H24N2O2/c1-12-6-7-13(11-15(12)20-2)8-10-18-16(19)14-5-3-4-9-17-14/h6-7,11,14,17H,3-5,8-10H2,1-2H3,(H,18,19). The highest BCUT2D eigenvalue weighted by Crippen LogP contribution is 2.19. The average molecular weight is 276 g/mol. The van der Waals surface area contributed by atoms with Crippen molar-refractivity contribution in [3.05, 3.63) is 29.3 Å². The Morgan fingerprint density at radius 3 is 3.00 bits per heavy atom. The summed E-state index contributed by atoms with van der Waals surface area (Å²) in [6.07, 6.45) is 4.09. The van der Waals surface area contributed by atoms with E-state index in [0.717, 1.165) is 37.1 Å². The first-order valence-corrected chi connectivity index (χ1v) is 7.35. The van der Waals surface area contributed by atoms with Crippen molar-refractivity contribution in [1.29, 1.82) is 0 Å². The van der Waals surface area contributed by atoms with Crippen LogP contribution in [-0.4, -0.2) is 32.1 Å². The minimum Gasteiger partial charge on any atom is -0.496 e. The third-order valence-corrected chi connectivity index (χ3v) is 3.81. The van der Waals surface area contributed by atoms with Crippen LogP contribution < -0.4 is 15.4 Å². The van der Waals surface area contributed by atoms with Gasteiger partial charge in [-0.05, 0) is 49.9 Å². The van der Waals surface area contributed by atoms with Crippen LogP contribution in [0.15, 0.2) is 18.2 Å². The molecule has 0 spiro atoms. The number of benzene rings is 1. The van der Waals surface area contributed by atoms with Gasteiger partial charge >= 0.3 is 0 Å². The first-order chi connectivity index (χ1) is 9.70. The number of hydrogen-bond acceptors (Lipinski definition) is 3. The molecule has 4 nitrogen and oxygen atoms in total. The number of amides is 1. The molecular weight excluding hydrogens is 252 g/mol. The average Bonchev–Trinajstić information content (AvgIpc) is 2.49. The highest BCUT2D eigenvalue weighted by atomic mass is 16.5. The topological polar surface area (TPSA) is 50.4 Å². The van der Waals surface area contributed by atoms with E-state index in [9.17, 15) is 4.79 Å². The van der Waals surface area contributed by atoms with Gasteiger partial charge in [0.1, 0.15) is 5.75 Å². The van der Waals surface area contributed by atoms with Crippen molar-refractivity contribution >= 4 is 5.91 Å². The molecule has 0 aromatic heterocycles. The summed E-state index contributed by atoms with van der Waals surface area (Å²) in [6.45, 7) is 3.65. The molecule has 0 radical (unpaired) electrons. The summed E-state index contributed by atoms with van der Waals surface area (Å²) >= 11 is 0. The summed E-state index contributed by atoms with van der Waals surface area (Å²) < 4.78 is 5.31. The predicted molar refractivity (Wildman–Crippen MR) is 80.1 cm³/mol. The van der Waals surface area contributed by atoms with Crippen LogP contribution in [0.4, 0.5) is 0 Å². The number of carbonyl (C=O) groups is 1. The second kappa shape index (κ2) is 7.29. The van der Waals surface area contributed by atoms with E-state index in [1.807, 2.05) is 13.0 Å². The van der Waals surface area contributed by atoms with E-state index < -0.39 is 0 Å². The van der Waals surface area contributed by atoms with Gasteiger partial charge in [0, 0.05) is 6.54 Å². The van der Waals surface area contributed by atoms with E-state index in [1.165, 1.54) is 12.0 Å². The second-order valence-electron chi connectivity index (χ2n) is 5.35. The molecule has 1 aromatic rings. The largest absolute Gasteiger partial charge is 0.496 e. The van der Waals surface area contributed by atoms with E-state index in [0.29, 0.717) is 6.54 Å². The zero-order valence-electron chi connectivity index (χ0n) is 12.4. The Balaban J connectivity index is 1.79. The fourth-order valence-electron chi connectivity index (χ4n) is 2.55. The number of hydrogen-bond donors (Lipinski definition) is 2. The van der Waals surface area contributed by atoms with Crippen molar-refractivity contribution in [2.45, 2.75) is 38.6 Å². The van der Waals surface area contributed by atoms with Gasteiger partial charge in [0.25, 0.3) is 0 Å². The van der Waals surface area contributed by atoms with Gasteiger partial charge in [0.2, 0.25) is 5.91 Å². The van der Waals surface area contributed by atoms with Crippen LogP contribution in [0, 0.1) is 6.92 Å². The summed E-state index contributed by atoms with van der Waals surface area (Å²) in [6, 6.07) is 6.18. The molecule has 0 saturated carbocycles. The van der Waals surface area contributed by atoms with Crippen molar-refractivity contribution in [3.8, 4) is 5.75 Å². The van der Waals surface area contributed by atoms with Crippen molar-refractivity contribution in [1.82, 2.24) is 10.6 Å². The maximum absolute atomic E-state index is 12.0. The number of aryl methyl sites for hydroxylation is 1. The minimum atomic E-state index is -0.00342. The third kappa shape index (κ3) is 3.97. The second-order valence-corrected chi connectivity index (χ2v) is 5.35. The SMILES string of the molecule is COc1cc(CCNC(=O)C2CCCCN2)ccc1C. The lowest BCUT2D eigenvalue weighted by Crippen LogP contribution is -2.47. The molecule has 0 aliphatic carbocycles. The van der Waals surface area contributed by atoms with E-state index in [-0.39, 0.29) is 11.9 Å². The predicted octanol–water partition coefficient (Wildman–Crippen LogP) is 1.80. The fourth-order valence-corrected chi connectivity index (χ4v) is 2.55. The molecule has 1 fully saturated rings. The lowest BCUT2D eigenvalue weighted by Gasteiger charge is -2.22. The maximum Gasteiger partial charge on any atom is 0.237 e. The Kier molecular flexibility index (Phi) is 5.41. The van der Waals surface area contributed by atoms with E-state index in [1.54, 1.807) is 7.11 Å². The van der Waals surface area contributed by atoms with Gasteiger partial charge in [-0.15, -0.1) is 0 Å². The zero-order valence-corrected chi connectivity index (χ0v) is 12.4. The normalized spacial score (nSPS) is 18.6.